The smallest absolute Gasteiger partial charge is 0.122 e. The second-order valence-electron chi connectivity index (χ2n) is 5.97. The van der Waals surface area contributed by atoms with Crippen LogP contribution in [0.3, 0.4) is 0 Å². The first-order chi connectivity index (χ1) is 9.13. The SMILES string of the molecule is COc1ccc(C)cc1CC(NN)C1CCC(C)C1. The molecule has 2 rings (SSSR count). The Balaban J connectivity index is 2.11. The van der Waals surface area contributed by atoms with E-state index in [9.17, 15) is 0 Å². The van der Waals surface area contributed by atoms with E-state index in [2.05, 4.69) is 37.5 Å². The lowest BCUT2D eigenvalue weighted by atomic mass is 9.91. The lowest BCUT2D eigenvalue weighted by molar-refractivity contribution is 0.345. The Morgan fingerprint density at radius 1 is 1.42 bits per heavy atom. The fraction of sp³-hybridized carbons (Fsp3) is 0.625. The van der Waals surface area contributed by atoms with Crippen molar-refractivity contribution in [1.82, 2.24) is 5.43 Å². The third-order valence-corrected chi connectivity index (χ3v) is 4.39. The second kappa shape index (κ2) is 6.40. The van der Waals surface area contributed by atoms with E-state index in [-0.39, 0.29) is 0 Å². The van der Waals surface area contributed by atoms with E-state index >= 15 is 0 Å². The van der Waals surface area contributed by atoms with Crippen molar-refractivity contribution >= 4 is 0 Å². The molecule has 3 nitrogen and oxygen atoms in total. The highest BCUT2D eigenvalue weighted by molar-refractivity contribution is 5.37. The molecule has 3 unspecified atom stereocenters. The third kappa shape index (κ3) is 3.48. The van der Waals surface area contributed by atoms with Gasteiger partial charge in [0.05, 0.1) is 7.11 Å². The normalized spacial score (nSPS) is 24.4. The molecule has 1 aliphatic rings. The lowest BCUT2D eigenvalue weighted by Gasteiger charge is -2.24. The van der Waals surface area contributed by atoms with Crippen molar-refractivity contribution < 1.29 is 4.74 Å². The molecule has 1 saturated carbocycles. The molecule has 1 aromatic carbocycles. The Morgan fingerprint density at radius 2 is 2.21 bits per heavy atom. The summed E-state index contributed by atoms with van der Waals surface area (Å²) in [5.41, 5.74) is 5.55. The molecule has 0 amide bonds. The molecule has 3 N–H and O–H groups in total. The van der Waals surface area contributed by atoms with Gasteiger partial charge in [0.25, 0.3) is 0 Å². The number of rotatable bonds is 5. The maximum absolute atomic E-state index is 5.78. The van der Waals surface area contributed by atoms with Crippen LogP contribution in [0.5, 0.6) is 5.75 Å². The Bertz CT molecular complexity index is 419. The zero-order valence-corrected chi connectivity index (χ0v) is 12.3. The molecule has 0 heterocycles. The molecule has 19 heavy (non-hydrogen) atoms. The summed E-state index contributed by atoms with van der Waals surface area (Å²) in [5.74, 6) is 8.27. The first-order valence-electron chi connectivity index (χ1n) is 7.23. The van der Waals surface area contributed by atoms with Crippen molar-refractivity contribution in [3.05, 3.63) is 29.3 Å². The third-order valence-electron chi connectivity index (χ3n) is 4.39. The molecule has 3 heteroatoms. The summed E-state index contributed by atoms with van der Waals surface area (Å²) in [7, 11) is 1.73. The van der Waals surface area contributed by atoms with Crippen molar-refractivity contribution in [2.24, 2.45) is 17.7 Å². The number of nitrogens with two attached hydrogens (primary N) is 1. The fourth-order valence-corrected chi connectivity index (χ4v) is 3.28. The molecule has 0 saturated heterocycles. The van der Waals surface area contributed by atoms with Crippen LogP contribution in [-0.4, -0.2) is 13.2 Å². The van der Waals surface area contributed by atoms with Gasteiger partial charge in [0, 0.05) is 6.04 Å². The van der Waals surface area contributed by atoms with Crippen molar-refractivity contribution in [3.8, 4) is 5.75 Å². The summed E-state index contributed by atoms with van der Waals surface area (Å²) >= 11 is 0. The van der Waals surface area contributed by atoms with Crippen LogP contribution in [0.2, 0.25) is 0 Å². The van der Waals surface area contributed by atoms with Gasteiger partial charge in [0.2, 0.25) is 0 Å². The molecular weight excluding hydrogens is 236 g/mol. The number of hydrogen-bond acceptors (Lipinski definition) is 3. The number of aryl methyl sites for hydroxylation is 1. The predicted octanol–water partition coefficient (Wildman–Crippen LogP) is 2.81. The highest BCUT2D eigenvalue weighted by Crippen LogP contribution is 2.34. The predicted molar refractivity (Wildman–Crippen MR) is 79.1 cm³/mol. The zero-order chi connectivity index (χ0) is 13.8. The van der Waals surface area contributed by atoms with Gasteiger partial charge in [-0.05, 0) is 49.7 Å². The Hall–Kier alpha value is -1.06. The summed E-state index contributed by atoms with van der Waals surface area (Å²) in [6.07, 6.45) is 4.83. The van der Waals surface area contributed by atoms with E-state index < -0.39 is 0 Å². The molecule has 1 aromatic rings. The Labute approximate surface area is 116 Å². The molecule has 106 valence electrons. The van der Waals surface area contributed by atoms with Gasteiger partial charge in [-0.15, -0.1) is 0 Å². The van der Waals surface area contributed by atoms with Gasteiger partial charge in [-0.1, -0.05) is 31.0 Å². The maximum atomic E-state index is 5.78. The van der Waals surface area contributed by atoms with Crippen LogP contribution in [0.1, 0.15) is 37.3 Å². The van der Waals surface area contributed by atoms with E-state index in [1.807, 2.05) is 0 Å². The largest absolute Gasteiger partial charge is 0.496 e. The minimum atomic E-state index is 0.348. The monoisotopic (exact) mass is 262 g/mol. The average molecular weight is 262 g/mol. The van der Waals surface area contributed by atoms with Crippen LogP contribution in [-0.2, 0) is 6.42 Å². The van der Waals surface area contributed by atoms with Gasteiger partial charge in [-0.2, -0.15) is 0 Å². The topological polar surface area (TPSA) is 47.3 Å². The van der Waals surface area contributed by atoms with Crippen LogP contribution >= 0.6 is 0 Å². The highest BCUT2D eigenvalue weighted by atomic mass is 16.5. The first kappa shape index (κ1) is 14.4. The van der Waals surface area contributed by atoms with Crippen LogP contribution in [0, 0.1) is 18.8 Å². The van der Waals surface area contributed by atoms with Crippen molar-refractivity contribution in [2.75, 3.05) is 7.11 Å². The summed E-state index contributed by atoms with van der Waals surface area (Å²) in [4.78, 5) is 0. The molecule has 1 aliphatic carbocycles. The van der Waals surface area contributed by atoms with Gasteiger partial charge in [0.15, 0.2) is 0 Å². The minimum absolute atomic E-state index is 0.348. The first-order valence-corrected chi connectivity index (χ1v) is 7.23. The Kier molecular flexibility index (Phi) is 4.83. The lowest BCUT2D eigenvalue weighted by Crippen LogP contribution is -2.41. The number of benzene rings is 1. The summed E-state index contributed by atoms with van der Waals surface area (Å²) in [6, 6.07) is 6.70. The van der Waals surface area contributed by atoms with Gasteiger partial charge in [-0.3, -0.25) is 11.3 Å². The highest BCUT2D eigenvalue weighted by Gasteiger charge is 2.28. The molecule has 0 bridgehead atoms. The summed E-state index contributed by atoms with van der Waals surface area (Å²) in [5, 5.41) is 0. The standard InChI is InChI=1S/C16H26N2O/c1-11-4-6-13(8-11)15(18-17)10-14-9-12(2)5-7-16(14)19-3/h5,7,9,11,13,15,18H,4,6,8,10,17H2,1-3H3. The van der Waals surface area contributed by atoms with Gasteiger partial charge in [0.1, 0.15) is 5.75 Å². The number of methoxy groups -OCH3 is 1. The Morgan fingerprint density at radius 3 is 2.79 bits per heavy atom. The van der Waals surface area contributed by atoms with Crippen LogP contribution in [0.4, 0.5) is 0 Å². The zero-order valence-electron chi connectivity index (χ0n) is 12.3. The van der Waals surface area contributed by atoms with E-state index in [1.165, 1.54) is 30.4 Å². The van der Waals surface area contributed by atoms with Crippen molar-refractivity contribution in [1.29, 1.82) is 0 Å². The quantitative estimate of drug-likeness (QED) is 0.633. The molecule has 1 fully saturated rings. The van der Waals surface area contributed by atoms with E-state index in [4.69, 9.17) is 10.6 Å². The second-order valence-corrected chi connectivity index (χ2v) is 5.97. The van der Waals surface area contributed by atoms with Gasteiger partial charge < -0.3 is 4.74 Å². The molecular formula is C16H26N2O. The number of nitrogens with one attached hydrogen (secondary N) is 1. The average Bonchev–Trinajstić information content (AvgIpc) is 2.82. The van der Waals surface area contributed by atoms with Crippen LogP contribution < -0.4 is 16.0 Å². The molecule has 0 aliphatic heterocycles. The van der Waals surface area contributed by atoms with Crippen molar-refractivity contribution in [3.63, 3.8) is 0 Å². The van der Waals surface area contributed by atoms with Crippen LogP contribution in [0.15, 0.2) is 18.2 Å². The van der Waals surface area contributed by atoms with Gasteiger partial charge >= 0.3 is 0 Å². The van der Waals surface area contributed by atoms with Crippen LogP contribution in [0.25, 0.3) is 0 Å². The van der Waals surface area contributed by atoms with Gasteiger partial charge in [-0.25, -0.2) is 0 Å². The summed E-state index contributed by atoms with van der Waals surface area (Å²) in [6.45, 7) is 4.45. The van der Waals surface area contributed by atoms with Crippen molar-refractivity contribution in [2.45, 2.75) is 45.6 Å². The molecule has 0 aromatic heterocycles. The molecule has 3 atom stereocenters. The minimum Gasteiger partial charge on any atom is -0.496 e. The fourth-order valence-electron chi connectivity index (χ4n) is 3.28. The molecule has 0 spiro atoms. The van der Waals surface area contributed by atoms with E-state index in [0.29, 0.717) is 12.0 Å². The number of hydrogen-bond donors (Lipinski definition) is 2. The number of hydrazine groups is 1. The molecule has 0 radical (unpaired) electrons. The number of ether oxygens (including phenoxy) is 1. The summed E-state index contributed by atoms with van der Waals surface area (Å²) < 4.78 is 5.46. The van der Waals surface area contributed by atoms with E-state index in [0.717, 1.165) is 18.1 Å². The van der Waals surface area contributed by atoms with E-state index in [1.54, 1.807) is 7.11 Å². The maximum Gasteiger partial charge on any atom is 0.122 e.